The average molecular weight is 375 g/mol. The summed E-state index contributed by atoms with van der Waals surface area (Å²) < 4.78 is 25.5. The first-order valence-electron chi connectivity index (χ1n) is 7.84. The van der Waals surface area contributed by atoms with Crippen LogP contribution in [0, 0.1) is 13.8 Å². The molecule has 0 unspecified atom stereocenters. The predicted octanol–water partition coefficient (Wildman–Crippen LogP) is 1.81. The minimum atomic E-state index is -3.69. The summed E-state index contributed by atoms with van der Waals surface area (Å²) in [5.74, 6) is -1.26. The lowest BCUT2D eigenvalue weighted by atomic mass is 10.1. The van der Waals surface area contributed by atoms with Crippen molar-refractivity contribution in [2.75, 3.05) is 22.4 Å². The van der Waals surface area contributed by atoms with Crippen LogP contribution in [0.3, 0.4) is 0 Å². The molecule has 0 spiro atoms. The molecule has 0 aliphatic carbocycles. The number of primary amides is 1. The van der Waals surface area contributed by atoms with Crippen molar-refractivity contribution in [2.45, 2.75) is 13.8 Å². The van der Waals surface area contributed by atoms with Crippen molar-refractivity contribution >= 4 is 33.2 Å². The summed E-state index contributed by atoms with van der Waals surface area (Å²) in [4.78, 5) is 23.9. The minimum Gasteiger partial charge on any atom is -0.366 e. The van der Waals surface area contributed by atoms with Crippen LogP contribution in [0.1, 0.15) is 21.5 Å². The van der Waals surface area contributed by atoms with E-state index in [1.165, 1.54) is 12.1 Å². The molecule has 0 atom stereocenters. The van der Waals surface area contributed by atoms with E-state index in [1.54, 1.807) is 31.2 Å². The number of nitrogens with one attached hydrogen (secondary N) is 1. The van der Waals surface area contributed by atoms with Crippen LogP contribution in [0.25, 0.3) is 0 Å². The maximum Gasteiger partial charge on any atom is 0.250 e. The van der Waals surface area contributed by atoms with Crippen molar-refractivity contribution in [3.05, 3.63) is 59.2 Å². The Labute approximate surface area is 152 Å². The summed E-state index contributed by atoms with van der Waals surface area (Å²) in [6.45, 7) is 3.24. The topological polar surface area (TPSA) is 110 Å². The number of hydrogen-bond donors (Lipinski definition) is 2. The Bertz CT molecular complexity index is 955. The van der Waals surface area contributed by atoms with Crippen LogP contribution in [-0.4, -0.2) is 33.0 Å². The van der Waals surface area contributed by atoms with Gasteiger partial charge in [-0.25, -0.2) is 8.42 Å². The molecule has 2 aromatic rings. The molecule has 0 radical (unpaired) electrons. The van der Waals surface area contributed by atoms with E-state index in [-0.39, 0.29) is 11.3 Å². The number of rotatable bonds is 6. The largest absolute Gasteiger partial charge is 0.366 e. The van der Waals surface area contributed by atoms with Crippen LogP contribution in [0.5, 0.6) is 0 Å². The van der Waals surface area contributed by atoms with Crippen molar-refractivity contribution in [2.24, 2.45) is 5.73 Å². The predicted molar refractivity (Wildman–Crippen MR) is 102 cm³/mol. The molecule has 0 bridgehead atoms. The summed E-state index contributed by atoms with van der Waals surface area (Å²) in [6.07, 6.45) is 1.04. The summed E-state index contributed by atoms with van der Waals surface area (Å²) in [5, 5.41) is 2.55. The zero-order valence-electron chi connectivity index (χ0n) is 14.8. The van der Waals surface area contributed by atoms with Crippen LogP contribution >= 0.6 is 0 Å². The number of carbonyl (C=O) groups is 2. The number of para-hydroxylation sites is 1. The van der Waals surface area contributed by atoms with Gasteiger partial charge in [-0.2, -0.15) is 0 Å². The lowest BCUT2D eigenvalue weighted by molar-refractivity contribution is -0.114. The lowest BCUT2D eigenvalue weighted by Crippen LogP contribution is -2.38. The van der Waals surface area contributed by atoms with Crippen LogP contribution in [0.15, 0.2) is 42.5 Å². The van der Waals surface area contributed by atoms with Crippen LogP contribution in [0.2, 0.25) is 0 Å². The molecular weight excluding hydrogens is 354 g/mol. The third-order valence-corrected chi connectivity index (χ3v) is 5.13. The van der Waals surface area contributed by atoms with Gasteiger partial charge in [-0.3, -0.25) is 13.9 Å². The first-order chi connectivity index (χ1) is 12.1. The van der Waals surface area contributed by atoms with Crippen molar-refractivity contribution in [1.29, 1.82) is 0 Å². The van der Waals surface area contributed by atoms with Crippen LogP contribution in [0.4, 0.5) is 11.4 Å². The van der Waals surface area contributed by atoms with Gasteiger partial charge in [0.15, 0.2) is 0 Å². The van der Waals surface area contributed by atoms with E-state index in [0.29, 0.717) is 5.69 Å². The molecule has 2 rings (SSSR count). The monoisotopic (exact) mass is 375 g/mol. The second kappa shape index (κ2) is 7.57. The summed E-state index contributed by atoms with van der Waals surface area (Å²) in [7, 11) is -3.69. The van der Waals surface area contributed by atoms with Crippen molar-refractivity contribution in [3.63, 3.8) is 0 Å². The van der Waals surface area contributed by atoms with E-state index < -0.39 is 28.4 Å². The highest BCUT2D eigenvalue weighted by Crippen LogP contribution is 2.25. The molecule has 2 aromatic carbocycles. The Morgan fingerprint density at radius 3 is 2.35 bits per heavy atom. The highest BCUT2D eigenvalue weighted by Gasteiger charge is 2.23. The molecule has 0 heterocycles. The van der Waals surface area contributed by atoms with E-state index in [9.17, 15) is 18.0 Å². The van der Waals surface area contributed by atoms with Gasteiger partial charge in [0.05, 0.1) is 23.2 Å². The highest BCUT2D eigenvalue weighted by atomic mass is 32.2. The molecule has 3 N–H and O–H groups in total. The van der Waals surface area contributed by atoms with Gasteiger partial charge >= 0.3 is 0 Å². The van der Waals surface area contributed by atoms with Crippen LogP contribution < -0.4 is 15.4 Å². The third kappa shape index (κ3) is 4.40. The Morgan fingerprint density at radius 2 is 1.73 bits per heavy atom. The van der Waals surface area contributed by atoms with Gasteiger partial charge in [-0.1, -0.05) is 24.3 Å². The van der Waals surface area contributed by atoms with E-state index >= 15 is 0 Å². The van der Waals surface area contributed by atoms with Gasteiger partial charge < -0.3 is 11.1 Å². The molecule has 8 heteroatoms. The van der Waals surface area contributed by atoms with Gasteiger partial charge in [-0.15, -0.1) is 0 Å². The smallest absolute Gasteiger partial charge is 0.250 e. The fourth-order valence-electron chi connectivity index (χ4n) is 2.51. The highest BCUT2D eigenvalue weighted by molar-refractivity contribution is 7.92. The fraction of sp³-hybridized carbons (Fsp3) is 0.222. The number of hydrogen-bond acceptors (Lipinski definition) is 4. The Hall–Kier alpha value is -2.87. The van der Waals surface area contributed by atoms with Crippen molar-refractivity contribution < 1.29 is 18.0 Å². The van der Waals surface area contributed by atoms with Crippen LogP contribution in [-0.2, 0) is 14.8 Å². The number of carbonyl (C=O) groups excluding carboxylic acids is 2. The second-order valence-corrected chi connectivity index (χ2v) is 7.85. The quantitative estimate of drug-likeness (QED) is 0.802. The summed E-state index contributed by atoms with van der Waals surface area (Å²) in [5.41, 5.74) is 7.79. The van der Waals surface area contributed by atoms with Gasteiger partial charge in [0, 0.05) is 0 Å². The number of amides is 2. The number of nitrogens with two attached hydrogens (primary N) is 1. The molecule has 2 amide bonds. The molecule has 0 fully saturated rings. The molecule has 7 nitrogen and oxygen atoms in total. The van der Waals surface area contributed by atoms with Crippen molar-refractivity contribution in [1.82, 2.24) is 0 Å². The van der Waals surface area contributed by atoms with E-state index in [4.69, 9.17) is 5.73 Å². The summed E-state index contributed by atoms with van der Waals surface area (Å²) >= 11 is 0. The standard InChI is InChI=1S/C18H21N3O4S/c1-12-7-6-10-16(13(12)2)21(26(3,24)25)11-17(22)20-15-9-5-4-8-14(15)18(19)23/h4-10H,11H2,1-3H3,(H2,19,23)(H,20,22). The molecule has 0 saturated carbocycles. The molecular formula is C18H21N3O4S. The minimum absolute atomic E-state index is 0.151. The van der Waals surface area contributed by atoms with E-state index in [2.05, 4.69) is 5.32 Å². The number of benzene rings is 2. The third-order valence-electron chi connectivity index (χ3n) is 4.00. The molecule has 0 aliphatic heterocycles. The SMILES string of the molecule is Cc1cccc(N(CC(=O)Nc2ccccc2C(N)=O)S(C)(=O)=O)c1C. The number of nitrogens with zero attached hydrogens (tertiary/aromatic N) is 1. The summed E-state index contributed by atoms with van der Waals surface area (Å²) in [6, 6.07) is 11.5. The molecule has 26 heavy (non-hydrogen) atoms. The Morgan fingerprint density at radius 1 is 1.08 bits per heavy atom. The van der Waals surface area contributed by atoms with Gasteiger partial charge in [0.1, 0.15) is 6.54 Å². The zero-order valence-corrected chi connectivity index (χ0v) is 15.6. The van der Waals surface area contributed by atoms with Gasteiger partial charge in [0.25, 0.3) is 5.91 Å². The molecule has 138 valence electrons. The average Bonchev–Trinajstić information content (AvgIpc) is 2.55. The number of anilines is 2. The number of aryl methyl sites for hydroxylation is 1. The van der Waals surface area contributed by atoms with E-state index in [0.717, 1.165) is 21.7 Å². The Balaban J connectivity index is 2.32. The first-order valence-corrected chi connectivity index (χ1v) is 9.68. The zero-order chi connectivity index (χ0) is 19.5. The van der Waals surface area contributed by atoms with E-state index in [1.807, 2.05) is 13.0 Å². The van der Waals surface area contributed by atoms with Gasteiger partial charge in [-0.05, 0) is 43.2 Å². The second-order valence-electron chi connectivity index (χ2n) is 5.95. The normalized spacial score (nSPS) is 11.0. The molecule has 0 aromatic heterocycles. The number of sulfonamides is 1. The molecule has 0 aliphatic rings. The molecule has 0 saturated heterocycles. The maximum atomic E-state index is 12.4. The van der Waals surface area contributed by atoms with Crippen molar-refractivity contribution in [3.8, 4) is 0 Å². The Kier molecular flexibility index (Phi) is 5.66. The fourth-order valence-corrected chi connectivity index (χ4v) is 3.42. The van der Waals surface area contributed by atoms with Gasteiger partial charge in [0.2, 0.25) is 15.9 Å². The first kappa shape index (κ1) is 19.5. The maximum absolute atomic E-state index is 12.4. The lowest BCUT2D eigenvalue weighted by Gasteiger charge is -2.24.